The Labute approximate surface area is 154 Å². The normalized spacial score (nSPS) is 13.9. The van der Waals surface area contributed by atoms with Crippen molar-refractivity contribution >= 4 is 12.1 Å². The average Bonchev–Trinajstić information content (AvgIpc) is 3.06. The van der Waals surface area contributed by atoms with Crippen LogP contribution in [0.4, 0.5) is 4.79 Å². The second-order valence-electron chi connectivity index (χ2n) is 6.99. The van der Waals surface area contributed by atoms with Gasteiger partial charge in [0.1, 0.15) is 12.2 Å². The lowest BCUT2D eigenvalue weighted by Gasteiger charge is -2.28. The van der Waals surface area contributed by atoms with Crippen molar-refractivity contribution in [3.8, 4) is 11.5 Å². The Morgan fingerprint density at radius 1 is 1.27 bits per heavy atom. The molecule has 0 saturated heterocycles. The molecule has 1 unspecified atom stereocenters. The van der Waals surface area contributed by atoms with E-state index in [2.05, 4.69) is 0 Å². The first-order chi connectivity index (χ1) is 12.2. The molecule has 0 aromatic heterocycles. The molecule has 1 aliphatic heterocycles. The number of nitrogens with zero attached hydrogens (tertiary/aromatic N) is 1. The lowest BCUT2D eigenvalue weighted by molar-refractivity contribution is -0.159. The van der Waals surface area contributed by atoms with Crippen LogP contribution < -0.4 is 9.47 Å². The van der Waals surface area contributed by atoms with Gasteiger partial charge in [-0.3, -0.25) is 4.79 Å². The van der Waals surface area contributed by atoms with E-state index in [0.29, 0.717) is 6.42 Å². The number of benzene rings is 1. The van der Waals surface area contributed by atoms with E-state index in [1.165, 1.54) is 4.90 Å². The van der Waals surface area contributed by atoms with Crippen LogP contribution in [0.5, 0.6) is 11.5 Å². The van der Waals surface area contributed by atoms with Gasteiger partial charge in [-0.25, -0.2) is 4.79 Å². The molecular weight excluding hydrogens is 338 g/mol. The zero-order chi connectivity index (χ0) is 19.3. The Bertz CT molecular complexity index is 657. The lowest BCUT2D eigenvalue weighted by atomic mass is 10.1. The number of carbonyl (C=O) groups is 2. The smallest absolute Gasteiger partial charge is 0.409 e. The maximum absolute atomic E-state index is 12.3. The predicted octanol–water partition coefficient (Wildman–Crippen LogP) is 3.15. The summed E-state index contributed by atoms with van der Waals surface area (Å²) in [5.41, 5.74) is 0.183. The van der Waals surface area contributed by atoms with Gasteiger partial charge >= 0.3 is 12.1 Å². The Kier molecular flexibility index (Phi) is 6.34. The number of hydrogen-bond acceptors (Lipinski definition) is 6. The van der Waals surface area contributed by atoms with E-state index in [0.717, 1.165) is 17.1 Å². The average molecular weight is 365 g/mol. The Morgan fingerprint density at radius 3 is 2.65 bits per heavy atom. The van der Waals surface area contributed by atoms with Crippen molar-refractivity contribution < 1.29 is 28.5 Å². The van der Waals surface area contributed by atoms with E-state index in [4.69, 9.17) is 18.9 Å². The maximum atomic E-state index is 12.3. The summed E-state index contributed by atoms with van der Waals surface area (Å²) in [6.45, 7) is 7.31. The van der Waals surface area contributed by atoms with E-state index in [1.54, 1.807) is 27.8 Å². The van der Waals surface area contributed by atoms with Gasteiger partial charge in [-0.05, 0) is 44.9 Å². The van der Waals surface area contributed by atoms with Crippen LogP contribution in [0.2, 0.25) is 0 Å². The van der Waals surface area contributed by atoms with Gasteiger partial charge in [-0.1, -0.05) is 13.0 Å². The first-order valence-corrected chi connectivity index (χ1v) is 8.72. The molecule has 0 N–H and O–H groups in total. The molecule has 0 fully saturated rings. The van der Waals surface area contributed by atoms with Crippen molar-refractivity contribution in [1.29, 1.82) is 0 Å². The molecule has 0 saturated carbocycles. The summed E-state index contributed by atoms with van der Waals surface area (Å²) in [6, 6.07) is 5.67. The van der Waals surface area contributed by atoms with Crippen LogP contribution in [-0.4, -0.2) is 49.1 Å². The summed E-state index contributed by atoms with van der Waals surface area (Å²) < 4.78 is 21.2. The van der Waals surface area contributed by atoms with Crippen LogP contribution in [0.3, 0.4) is 0 Å². The zero-order valence-electron chi connectivity index (χ0n) is 16.0. The standard InChI is InChI=1S/C19H27NO6/c1-6-17(21)26-19(3,4)11-23-18(22)20(5)13(2)9-14-7-8-15-16(10-14)25-12-24-15/h7-8,10,13H,6,9,11-12H2,1-5H3. The van der Waals surface area contributed by atoms with Gasteiger partial charge in [-0.15, -0.1) is 0 Å². The van der Waals surface area contributed by atoms with E-state index < -0.39 is 11.7 Å². The summed E-state index contributed by atoms with van der Waals surface area (Å²) in [5, 5.41) is 0. The summed E-state index contributed by atoms with van der Waals surface area (Å²) in [7, 11) is 1.69. The van der Waals surface area contributed by atoms with Crippen LogP contribution in [0.25, 0.3) is 0 Å². The monoisotopic (exact) mass is 365 g/mol. The minimum absolute atomic E-state index is 0.00133. The van der Waals surface area contributed by atoms with Crippen LogP contribution >= 0.6 is 0 Å². The third-order valence-electron chi connectivity index (χ3n) is 4.14. The molecule has 144 valence electrons. The number of fused-ring (bicyclic) bond motifs is 1. The predicted molar refractivity (Wildman–Crippen MR) is 95.3 cm³/mol. The highest BCUT2D eigenvalue weighted by atomic mass is 16.7. The van der Waals surface area contributed by atoms with Crippen LogP contribution in [0.15, 0.2) is 18.2 Å². The van der Waals surface area contributed by atoms with Crippen LogP contribution in [0.1, 0.15) is 39.7 Å². The van der Waals surface area contributed by atoms with Gasteiger partial charge in [0.25, 0.3) is 0 Å². The highest BCUT2D eigenvalue weighted by Gasteiger charge is 2.26. The molecular formula is C19H27NO6. The number of carbonyl (C=O) groups excluding carboxylic acids is 2. The van der Waals surface area contributed by atoms with Gasteiger partial charge in [0.2, 0.25) is 6.79 Å². The highest BCUT2D eigenvalue weighted by Crippen LogP contribution is 2.33. The first kappa shape index (κ1) is 19.9. The fourth-order valence-electron chi connectivity index (χ4n) is 2.47. The second kappa shape index (κ2) is 8.29. The molecule has 1 aromatic rings. The first-order valence-electron chi connectivity index (χ1n) is 8.72. The van der Waals surface area contributed by atoms with Crippen molar-refractivity contribution in [3.63, 3.8) is 0 Å². The molecule has 0 bridgehead atoms. The van der Waals surface area contributed by atoms with Crippen molar-refractivity contribution in [1.82, 2.24) is 4.90 Å². The van der Waals surface area contributed by atoms with E-state index in [-0.39, 0.29) is 31.8 Å². The molecule has 0 radical (unpaired) electrons. The number of likely N-dealkylation sites (N-methyl/N-ethyl adjacent to an activating group) is 1. The van der Waals surface area contributed by atoms with Crippen molar-refractivity contribution in [3.05, 3.63) is 23.8 Å². The molecule has 2 rings (SSSR count). The molecule has 1 aromatic carbocycles. The maximum Gasteiger partial charge on any atom is 0.409 e. The van der Waals surface area contributed by atoms with Crippen LogP contribution in [-0.2, 0) is 20.7 Å². The molecule has 1 amide bonds. The third-order valence-corrected chi connectivity index (χ3v) is 4.14. The topological polar surface area (TPSA) is 74.3 Å². The molecule has 1 heterocycles. The number of ether oxygens (including phenoxy) is 4. The fourth-order valence-corrected chi connectivity index (χ4v) is 2.47. The molecule has 26 heavy (non-hydrogen) atoms. The Balaban J connectivity index is 1.86. The molecule has 1 aliphatic rings. The Morgan fingerprint density at radius 2 is 1.96 bits per heavy atom. The van der Waals surface area contributed by atoms with Gasteiger partial charge < -0.3 is 23.8 Å². The third kappa shape index (κ3) is 5.28. The quantitative estimate of drug-likeness (QED) is 0.691. The largest absolute Gasteiger partial charge is 0.456 e. The Hall–Kier alpha value is -2.44. The summed E-state index contributed by atoms with van der Waals surface area (Å²) in [6.07, 6.45) is 0.471. The van der Waals surface area contributed by atoms with Gasteiger partial charge in [0.15, 0.2) is 11.5 Å². The molecule has 0 aliphatic carbocycles. The summed E-state index contributed by atoms with van der Waals surface area (Å²) in [5.74, 6) is 1.13. The number of rotatable bonds is 7. The van der Waals surface area contributed by atoms with Gasteiger partial charge in [0.05, 0.1) is 0 Å². The lowest BCUT2D eigenvalue weighted by Crippen LogP contribution is -2.40. The van der Waals surface area contributed by atoms with Gasteiger partial charge in [-0.2, -0.15) is 0 Å². The zero-order valence-corrected chi connectivity index (χ0v) is 16.0. The van der Waals surface area contributed by atoms with E-state index in [9.17, 15) is 9.59 Å². The second-order valence-corrected chi connectivity index (χ2v) is 6.99. The van der Waals surface area contributed by atoms with Crippen molar-refractivity contribution in [2.24, 2.45) is 0 Å². The minimum Gasteiger partial charge on any atom is -0.456 e. The molecule has 7 nitrogen and oxygen atoms in total. The molecule has 1 atom stereocenters. The van der Waals surface area contributed by atoms with E-state index in [1.807, 2.05) is 25.1 Å². The fraction of sp³-hybridized carbons (Fsp3) is 0.579. The number of amides is 1. The van der Waals surface area contributed by atoms with Crippen molar-refractivity contribution in [2.45, 2.75) is 52.2 Å². The molecule has 0 spiro atoms. The van der Waals surface area contributed by atoms with E-state index >= 15 is 0 Å². The molecule has 7 heteroatoms. The minimum atomic E-state index is -0.857. The number of esters is 1. The highest BCUT2D eigenvalue weighted by molar-refractivity contribution is 5.70. The van der Waals surface area contributed by atoms with Gasteiger partial charge in [0, 0.05) is 19.5 Å². The van der Waals surface area contributed by atoms with Crippen molar-refractivity contribution in [2.75, 3.05) is 20.4 Å². The van der Waals surface area contributed by atoms with Crippen LogP contribution in [0, 0.1) is 0 Å². The summed E-state index contributed by atoms with van der Waals surface area (Å²) >= 11 is 0. The summed E-state index contributed by atoms with van der Waals surface area (Å²) in [4.78, 5) is 25.2. The SMILES string of the molecule is CCC(=O)OC(C)(C)COC(=O)N(C)C(C)Cc1ccc2c(c1)OCO2. The number of hydrogen-bond donors (Lipinski definition) is 0.